The highest BCUT2D eigenvalue weighted by Crippen LogP contribution is 2.27. The van der Waals surface area contributed by atoms with Gasteiger partial charge in [-0.05, 0) is 12.8 Å². The van der Waals surface area contributed by atoms with E-state index in [0.29, 0.717) is 6.04 Å². The molecule has 0 aromatic carbocycles. The van der Waals surface area contributed by atoms with Crippen molar-refractivity contribution >= 4 is 32.6 Å². The summed E-state index contributed by atoms with van der Waals surface area (Å²) in [4.78, 5) is 7.12. The molecule has 18 heavy (non-hydrogen) atoms. The molecule has 0 spiro atoms. The van der Waals surface area contributed by atoms with E-state index in [9.17, 15) is 0 Å². The Balaban J connectivity index is 2.95. The van der Waals surface area contributed by atoms with Crippen molar-refractivity contribution in [1.29, 1.82) is 0 Å². The van der Waals surface area contributed by atoms with E-state index in [1.54, 1.807) is 0 Å². The minimum atomic E-state index is 0.0305. The minimum absolute atomic E-state index is 0.0305. The number of hydrogen-bond acceptors (Lipinski definition) is 4. The summed E-state index contributed by atoms with van der Waals surface area (Å²) in [5, 5.41) is 2.03. The van der Waals surface area contributed by atoms with Crippen molar-refractivity contribution in [1.82, 2.24) is 9.36 Å². The third-order valence-corrected chi connectivity index (χ3v) is 4.15. The van der Waals surface area contributed by atoms with Gasteiger partial charge in [-0.2, -0.15) is 4.37 Å². The average molecular weight is 334 g/mol. The third kappa shape index (κ3) is 3.92. The zero-order chi connectivity index (χ0) is 13.8. The van der Waals surface area contributed by atoms with Crippen LogP contribution in [0.5, 0.6) is 0 Å². The van der Waals surface area contributed by atoms with Gasteiger partial charge in [-0.15, -0.1) is 0 Å². The van der Waals surface area contributed by atoms with Crippen molar-refractivity contribution in [2.75, 3.05) is 16.8 Å². The van der Waals surface area contributed by atoms with Gasteiger partial charge >= 0.3 is 0 Å². The molecule has 1 aromatic rings. The van der Waals surface area contributed by atoms with Crippen LogP contribution in [0.15, 0.2) is 0 Å². The number of nitrogens with zero attached hydrogens (tertiary/aromatic N) is 3. The molecule has 0 unspecified atom stereocenters. The standard InChI is InChI=1S/C13H24BrN3S/c1-6-10(7-2)17(9-8-14)12-15-11(16-18-12)13(3,4)5/h10H,6-9H2,1-5H3. The summed E-state index contributed by atoms with van der Waals surface area (Å²) in [6.45, 7) is 11.9. The number of alkyl halides is 1. The van der Waals surface area contributed by atoms with Crippen LogP contribution in [0, 0.1) is 0 Å². The SMILES string of the molecule is CCC(CC)N(CCBr)c1nc(C(C)(C)C)ns1. The number of halogens is 1. The maximum Gasteiger partial charge on any atom is 0.205 e. The number of rotatable bonds is 6. The molecule has 0 atom stereocenters. The predicted octanol–water partition coefficient (Wildman–Crippen LogP) is 4.23. The Morgan fingerprint density at radius 1 is 1.28 bits per heavy atom. The number of anilines is 1. The van der Waals surface area contributed by atoms with E-state index in [0.717, 1.165) is 35.7 Å². The minimum Gasteiger partial charge on any atom is -0.343 e. The van der Waals surface area contributed by atoms with Gasteiger partial charge in [0.1, 0.15) is 5.82 Å². The molecule has 0 aliphatic rings. The first-order chi connectivity index (χ1) is 8.43. The second-order valence-corrected chi connectivity index (χ2v) is 7.03. The lowest BCUT2D eigenvalue weighted by Crippen LogP contribution is -2.36. The van der Waals surface area contributed by atoms with Gasteiger partial charge in [0, 0.05) is 34.9 Å². The Hall–Kier alpha value is -0.160. The van der Waals surface area contributed by atoms with Crippen LogP contribution in [-0.2, 0) is 5.41 Å². The fraction of sp³-hybridized carbons (Fsp3) is 0.846. The molecular weight excluding hydrogens is 310 g/mol. The van der Waals surface area contributed by atoms with Gasteiger partial charge in [0.2, 0.25) is 5.13 Å². The monoisotopic (exact) mass is 333 g/mol. The molecule has 0 amide bonds. The van der Waals surface area contributed by atoms with Gasteiger partial charge in [0.05, 0.1) is 0 Å². The van der Waals surface area contributed by atoms with Crippen molar-refractivity contribution in [3.8, 4) is 0 Å². The molecule has 0 saturated heterocycles. The largest absolute Gasteiger partial charge is 0.343 e. The van der Waals surface area contributed by atoms with Gasteiger partial charge in [-0.3, -0.25) is 0 Å². The molecule has 0 saturated carbocycles. The van der Waals surface area contributed by atoms with Gasteiger partial charge in [-0.25, -0.2) is 4.98 Å². The highest BCUT2D eigenvalue weighted by atomic mass is 79.9. The first-order valence-corrected chi connectivity index (χ1v) is 8.50. The first-order valence-electron chi connectivity index (χ1n) is 6.60. The van der Waals surface area contributed by atoms with Crippen molar-refractivity contribution in [3.63, 3.8) is 0 Å². The van der Waals surface area contributed by atoms with Gasteiger partial charge in [0.15, 0.2) is 0 Å². The predicted molar refractivity (Wildman–Crippen MR) is 84.1 cm³/mol. The molecule has 1 aromatic heterocycles. The van der Waals surface area contributed by atoms with E-state index in [-0.39, 0.29) is 5.41 Å². The summed E-state index contributed by atoms with van der Waals surface area (Å²) in [6.07, 6.45) is 2.29. The van der Waals surface area contributed by atoms with E-state index < -0.39 is 0 Å². The Kier molecular flexibility index (Phi) is 6.05. The molecule has 1 heterocycles. The Labute approximate surface area is 123 Å². The van der Waals surface area contributed by atoms with Crippen molar-refractivity contribution < 1.29 is 0 Å². The fourth-order valence-corrected chi connectivity index (χ4v) is 3.23. The smallest absolute Gasteiger partial charge is 0.205 e. The van der Waals surface area contributed by atoms with Crippen LogP contribution in [0.1, 0.15) is 53.3 Å². The van der Waals surface area contributed by atoms with Crippen LogP contribution < -0.4 is 4.90 Å². The Bertz CT molecular complexity index is 355. The van der Waals surface area contributed by atoms with Crippen molar-refractivity contribution in [2.24, 2.45) is 0 Å². The lowest BCUT2D eigenvalue weighted by molar-refractivity contribution is 0.544. The normalized spacial score (nSPS) is 12.2. The topological polar surface area (TPSA) is 29.0 Å². The zero-order valence-electron chi connectivity index (χ0n) is 12.0. The Morgan fingerprint density at radius 3 is 2.28 bits per heavy atom. The molecule has 0 N–H and O–H groups in total. The molecule has 0 bridgehead atoms. The van der Waals surface area contributed by atoms with Crippen LogP contribution in [0.25, 0.3) is 0 Å². The van der Waals surface area contributed by atoms with E-state index in [1.165, 1.54) is 11.5 Å². The van der Waals surface area contributed by atoms with Crippen LogP contribution in [0.3, 0.4) is 0 Å². The summed E-state index contributed by atoms with van der Waals surface area (Å²) in [5.74, 6) is 0.952. The molecule has 0 aliphatic carbocycles. The lowest BCUT2D eigenvalue weighted by Gasteiger charge is -2.29. The van der Waals surface area contributed by atoms with Crippen LogP contribution >= 0.6 is 27.5 Å². The fourth-order valence-electron chi connectivity index (χ4n) is 1.89. The molecule has 104 valence electrons. The Morgan fingerprint density at radius 2 is 1.89 bits per heavy atom. The quantitative estimate of drug-likeness (QED) is 0.729. The maximum absolute atomic E-state index is 4.73. The molecule has 0 radical (unpaired) electrons. The van der Waals surface area contributed by atoms with Crippen LogP contribution in [0.4, 0.5) is 5.13 Å². The summed E-state index contributed by atoms with van der Waals surface area (Å²) < 4.78 is 4.52. The molecule has 0 fully saturated rings. The first kappa shape index (κ1) is 15.9. The maximum atomic E-state index is 4.73. The highest BCUT2D eigenvalue weighted by molar-refractivity contribution is 9.09. The van der Waals surface area contributed by atoms with Gasteiger partial charge in [0.25, 0.3) is 0 Å². The second-order valence-electron chi connectivity index (χ2n) is 5.50. The third-order valence-electron chi connectivity index (χ3n) is 3.04. The number of hydrogen-bond donors (Lipinski definition) is 0. The second kappa shape index (κ2) is 6.85. The van der Waals surface area contributed by atoms with Crippen molar-refractivity contribution in [3.05, 3.63) is 5.82 Å². The van der Waals surface area contributed by atoms with E-state index in [1.807, 2.05) is 0 Å². The van der Waals surface area contributed by atoms with Gasteiger partial charge in [-0.1, -0.05) is 50.5 Å². The summed E-state index contributed by atoms with van der Waals surface area (Å²) in [5.41, 5.74) is 0.0305. The zero-order valence-corrected chi connectivity index (χ0v) is 14.4. The number of aromatic nitrogens is 2. The summed E-state index contributed by atoms with van der Waals surface area (Å²) in [6, 6.07) is 0.559. The molecular formula is C13H24BrN3S. The van der Waals surface area contributed by atoms with Gasteiger partial charge < -0.3 is 4.90 Å². The average Bonchev–Trinajstić information content (AvgIpc) is 2.78. The van der Waals surface area contributed by atoms with E-state index in [2.05, 4.69) is 59.8 Å². The van der Waals surface area contributed by atoms with E-state index in [4.69, 9.17) is 4.98 Å². The highest BCUT2D eigenvalue weighted by Gasteiger charge is 2.23. The van der Waals surface area contributed by atoms with Crippen LogP contribution in [0.2, 0.25) is 0 Å². The lowest BCUT2D eigenvalue weighted by atomic mass is 9.96. The van der Waals surface area contributed by atoms with E-state index >= 15 is 0 Å². The van der Waals surface area contributed by atoms with Crippen molar-refractivity contribution in [2.45, 2.75) is 58.9 Å². The molecule has 1 rings (SSSR count). The summed E-state index contributed by atoms with van der Waals surface area (Å²) in [7, 11) is 0. The summed E-state index contributed by atoms with van der Waals surface area (Å²) >= 11 is 5.06. The molecule has 0 aliphatic heterocycles. The molecule has 5 heteroatoms. The van der Waals surface area contributed by atoms with Crippen LogP contribution in [-0.4, -0.2) is 27.3 Å². The molecule has 3 nitrogen and oxygen atoms in total.